The average Bonchev–Trinajstić information content (AvgIpc) is 2.40. The summed E-state index contributed by atoms with van der Waals surface area (Å²) in [6, 6.07) is 2.68. The molecule has 0 heterocycles. The first-order valence-electron chi connectivity index (χ1n) is 6.04. The first-order valence-corrected chi connectivity index (χ1v) is 6.04. The molecule has 0 aromatic heterocycles. The highest BCUT2D eigenvalue weighted by Gasteiger charge is 2.19. The van der Waals surface area contributed by atoms with E-state index in [2.05, 4.69) is 5.32 Å². The lowest BCUT2D eigenvalue weighted by atomic mass is 10.1. The second-order valence-electron chi connectivity index (χ2n) is 4.20. The molecule has 0 radical (unpaired) electrons. The number of amides is 1. The average molecular weight is 284 g/mol. The zero-order chi connectivity index (χ0) is 15.1. The van der Waals surface area contributed by atoms with E-state index >= 15 is 0 Å². The Morgan fingerprint density at radius 3 is 2.80 bits per heavy atom. The van der Waals surface area contributed by atoms with E-state index in [-0.39, 0.29) is 11.3 Å². The summed E-state index contributed by atoms with van der Waals surface area (Å²) in [4.78, 5) is 22.8. The lowest BCUT2D eigenvalue weighted by Gasteiger charge is -2.14. The third-order valence-electron chi connectivity index (χ3n) is 2.69. The highest BCUT2D eigenvalue weighted by Crippen LogP contribution is 2.20. The zero-order valence-corrected chi connectivity index (χ0v) is 11.1. The molecular weight excluding hydrogens is 267 g/mol. The Morgan fingerprint density at radius 1 is 1.50 bits per heavy atom. The van der Waals surface area contributed by atoms with Gasteiger partial charge in [-0.2, -0.15) is 0 Å². The van der Waals surface area contributed by atoms with Crippen molar-refractivity contribution >= 4 is 17.6 Å². The van der Waals surface area contributed by atoms with Crippen molar-refractivity contribution in [1.29, 1.82) is 0 Å². The topological polar surface area (TPSA) is 102 Å². The standard InChI is InChI=1S/C13H17FN2O4/c1-20-7-3-6-10(15)12(17)16-11-8(13(18)19)4-2-5-9(11)14/h2,4-5,10H,3,6-7,15H2,1H3,(H,16,17)(H,18,19). The number of hydrogen-bond acceptors (Lipinski definition) is 4. The first-order chi connectivity index (χ1) is 9.47. The molecule has 1 unspecified atom stereocenters. The third-order valence-corrected chi connectivity index (χ3v) is 2.69. The number of nitrogens with two attached hydrogens (primary N) is 1. The monoisotopic (exact) mass is 284 g/mol. The summed E-state index contributed by atoms with van der Waals surface area (Å²) < 4.78 is 18.4. The van der Waals surface area contributed by atoms with Crippen LogP contribution in [-0.2, 0) is 9.53 Å². The number of hydrogen-bond donors (Lipinski definition) is 3. The molecule has 6 nitrogen and oxygen atoms in total. The summed E-state index contributed by atoms with van der Waals surface area (Å²) in [5, 5.41) is 11.2. The Hall–Kier alpha value is -1.99. The van der Waals surface area contributed by atoms with Crippen LogP contribution in [0.1, 0.15) is 23.2 Å². The van der Waals surface area contributed by atoms with Gasteiger partial charge in [0.2, 0.25) is 5.91 Å². The lowest BCUT2D eigenvalue weighted by molar-refractivity contribution is -0.117. The molecule has 0 bridgehead atoms. The second-order valence-corrected chi connectivity index (χ2v) is 4.20. The van der Waals surface area contributed by atoms with Crippen molar-refractivity contribution in [2.45, 2.75) is 18.9 Å². The minimum atomic E-state index is -1.33. The summed E-state index contributed by atoms with van der Waals surface area (Å²) in [5.41, 5.74) is 4.96. The molecule has 0 spiro atoms. The molecule has 1 atom stereocenters. The molecule has 1 rings (SSSR count). The van der Waals surface area contributed by atoms with Gasteiger partial charge in [-0.3, -0.25) is 4.79 Å². The molecule has 0 aliphatic carbocycles. The Morgan fingerprint density at radius 2 is 2.20 bits per heavy atom. The van der Waals surface area contributed by atoms with Gasteiger partial charge < -0.3 is 20.9 Å². The van der Waals surface area contributed by atoms with Gasteiger partial charge >= 0.3 is 5.97 Å². The van der Waals surface area contributed by atoms with Gasteiger partial charge in [0, 0.05) is 13.7 Å². The van der Waals surface area contributed by atoms with Crippen molar-refractivity contribution in [2.24, 2.45) is 5.73 Å². The number of nitrogens with one attached hydrogen (secondary N) is 1. The fraction of sp³-hybridized carbons (Fsp3) is 0.385. The summed E-state index contributed by atoms with van der Waals surface area (Å²) in [6.07, 6.45) is 0.935. The van der Waals surface area contributed by atoms with Crippen LogP contribution in [-0.4, -0.2) is 36.7 Å². The normalized spacial score (nSPS) is 11.9. The van der Waals surface area contributed by atoms with Gasteiger partial charge in [0.05, 0.1) is 17.3 Å². The third kappa shape index (κ3) is 4.29. The Bertz CT molecular complexity index is 493. The summed E-state index contributed by atoms with van der Waals surface area (Å²) in [5.74, 6) is -2.77. The fourth-order valence-corrected chi connectivity index (χ4v) is 1.62. The van der Waals surface area contributed by atoms with E-state index in [1.807, 2.05) is 0 Å². The van der Waals surface area contributed by atoms with Gasteiger partial charge in [-0.25, -0.2) is 9.18 Å². The number of methoxy groups -OCH3 is 1. The maximum atomic E-state index is 13.6. The van der Waals surface area contributed by atoms with Crippen LogP contribution in [0.15, 0.2) is 18.2 Å². The van der Waals surface area contributed by atoms with Crippen LogP contribution >= 0.6 is 0 Å². The Kier molecular flexibility index (Phi) is 6.08. The molecular formula is C13H17FN2O4. The van der Waals surface area contributed by atoms with Gasteiger partial charge in [-0.05, 0) is 25.0 Å². The van der Waals surface area contributed by atoms with E-state index in [0.717, 1.165) is 6.07 Å². The van der Waals surface area contributed by atoms with Crippen molar-refractivity contribution in [3.8, 4) is 0 Å². The van der Waals surface area contributed by atoms with Crippen LogP contribution in [0.3, 0.4) is 0 Å². The lowest BCUT2D eigenvalue weighted by Crippen LogP contribution is -2.36. The maximum absolute atomic E-state index is 13.6. The Labute approximate surface area is 115 Å². The van der Waals surface area contributed by atoms with E-state index in [9.17, 15) is 14.0 Å². The smallest absolute Gasteiger partial charge is 0.337 e. The van der Waals surface area contributed by atoms with Crippen LogP contribution in [0.4, 0.5) is 10.1 Å². The largest absolute Gasteiger partial charge is 0.478 e. The SMILES string of the molecule is COCCCC(N)C(=O)Nc1c(F)cccc1C(=O)O. The Balaban J connectivity index is 2.77. The first kappa shape index (κ1) is 16.1. The fourth-order valence-electron chi connectivity index (χ4n) is 1.62. The van der Waals surface area contributed by atoms with Crippen molar-refractivity contribution in [2.75, 3.05) is 19.0 Å². The summed E-state index contributed by atoms with van der Waals surface area (Å²) >= 11 is 0. The van der Waals surface area contributed by atoms with Gasteiger partial charge in [-0.15, -0.1) is 0 Å². The van der Waals surface area contributed by atoms with Gasteiger partial charge in [-0.1, -0.05) is 6.07 Å². The molecule has 7 heteroatoms. The van der Waals surface area contributed by atoms with E-state index in [4.69, 9.17) is 15.6 Å². The number of benzene rings is 1. The second kappa shape index (κ2) is 7.56. The van der Waals surface area contributed by atoms with Crippen LogP contribution in [0.5, 0.6) is 0 Å². The number of ether oxygens (including phenoxy) is 1. The number of rotatable bonds is 7. The number of carboxylic acids is 1. The van der Waals surface area contributed by atoms with Gasteiger partial charge in [0.15, 0.2) is 0 Å². The molecule has 1 amide bonds. The highest BCUT2D eigenvalue weighted by atomic mass is 19.1. The summed E-state index contributed by atoms with van der Waals surface area (Å²) in [7, 11) is 1.53. The van der Waals surface area contributed by atoms with Crippen molar-refractivity contribution in [3.63, 3.8) is 0 Å². The number of anilines is 1. The molecule has 4 N–H and O–H groups in total. The molecule has 1 aromatic carbocycles. The van der Waals surface area contributed by atoms with E-state index in [0.29, 0.717) is 19.4 Å². The minimum Gasteiger partial charge on any atom is -0.478 e. The van der Waals surface area contributed by atoms with Crippen molar-refractivity contribution in [3.05, 3.63) is 29.6 Å². The van der Waals surface area contributed by atoms with E-state index in [1.54, 1.807) is 0 Å². The number of carbonyl (C=O) groups is 2. The predicted octanol–water partition coefficient (Wildman–Crippen LogP) is 1.22. The number of para-hydroxylation sites is 1. The number of carboxylic acid groups (broad SMARTS) is 1. The van der Waals surface area contributed by atoms with Crippen LogP contribution < -0.4 is 11.1 Å². The maximum Gasteiger partial charge on any atom is 0.337 e. The molecule has 1 aromatic rings. The number of halogens is 1. The van der Waals surface area contributed by atoms with Crippen LogP contribution in [0.2, 0.25) is 0 Å². The van der Waals surface area contributed by atoms with Crippen molar-refractivity contribution < 1.29 is 23.8 Å². The minimum absolute atomic E-state index is 0.317. The predicted molar refractivity (Wildman–Crippen MR) is 71.1 cm³/mol. The number of carbonyl (C=O) groups excluding carboxylic acids is 1. The molecule has 0 saturated heterocycles. The molecule has 0 aliphatic heterocycles. The van der Waals surface area contributed by atoms with E-state index < -0.39 is 23.7 Å². The van der Waals surface area contributed by atoms with E-state index in [1.165, 1.54) is 19.2 Å². The molecule has 110 valence electrons. The van der Waals surface area contributed by atoms with Crippen LogP contribution in [0.25, 0.3) is 0 Å². The van der Waals surface area contributed by atoms with Crippen molar-refractivity contribution in [1.82, 2.24) is 0 Å². The summed E-state index contributed by atoms with van der Waals surface area (Å²) in [6.45, 7) is 0.459. The molecule has 0 aliphatic rings. The molecule has 20 heavy (non-hydrogen) atoms. The van der Waals surface area contributed by atoms with Gasteiger partial charge in [0.1, 0.15) is 5.82 Å². The molecule has 0 saturated carbocycles. The van der Waals surface area contributed by atoms with Gasteiger partial charge in [0.25, 0.3) is 0 Å². The molecule has 0 fully saturated rings. The zero-order valence-electron chi connectivity index (χ0n) is 11.1. The van der Waals surface area contributed by atoms with Crippen LogP contribution in [0, 0.1) is 5.82 Å². The highest BCUT2D eigenvalue weighted by molar-refractivity contribution is 6.02. The quantitative estimate of drug-likeness (QED) is 0.653. The number of aromatic carboxylic acids is 1.